The standard InChI is InChI=1S/C16H23NO3S/c1-12(18)14-9-13(11-21-14)10-17-6-4-16(5-7-17)15(19)3-2-8-20-16/h9,11,15,19H,2-8,10H2,1H3/t15-/m0/s1. The first-order valence-electron chi connectivity index (χ1n) is 7.72. The van der Waals surface area contributed by atoms with Crippen LogP contribution in [0.5, 0.6) is 0 Å². The number of likely N-dealkylation sites (tertiary alicyclic amines) is 1. The van der Waals surface area contributed by atoms with Crippen molar-refractivity contribution in [1.82, 2.24) is 4.90 Å². The third-order valence-corrected chi connectivity index (χ3v) is 5.81. The molecule has 0 aliphatic carbocycles. The fourth-order valence-corrected chi connectivity index (χ4v) is 4.19. The first-order chi connectivity index (χ1) is 10.1. The van der Waals surface area contributed by atoms with Gasteiger partial charge in [-0.15, -0.1) is 11.3 Å². The number of Topliss-reactive ketones (excluding diaryl/α,β-unsaturated/α-hetero) is 1. The first-order valence-corrected chi connectivity index (χ1v) is 8.60. The fourth-order valence-electron chi connectivity index (χ4n) is 3.38. The molecule has 4 nitrogen and oxygen atoms in total. The summed E-state index contributed by atoms with van der Waals surface area (Å²) in [6.45, 7) is 5.17. The molecule has 3 heterocycles. The maximum absolute atomic E-state index is 11.3. The highest BCUT2D eigenvalue weighted by Crippen LogP contribution is 2.35. The molecule has 1 N–H and O–H groups in total. The number of carbonyl (C=O) groups is 1. The van der Waals surface area contributed by atoms with Crippen LogP contribution in [0.25, 0.3) is 0 Å². The van der Waals surface area contributed by atoms with Crippen LogP contribution in [0, 0.1) is 0 Å². The number of hydrogen-bond acceptors (Lipinski definition) is 5. The molecular formula is C16H23NO3S. The third-order valence-electron chi connectivity index (χ3n) is 4.73. The van der Waals surface area contributed by atoms with Crippen molar-refractivity contribution in [3.8, 4) is 0 Å². The second kappa shape index (κ2) is 6.16. The van der Waals surface area contributed by atoms with Crippen LogP contribution < -0.4 is 0 Å². The Bertz CT molecular complexity index is 505. The van der Waals surface area contributed by atoms with E-state index < -0.39 is 0 Å². The van der Waals surface area contributed by atoms with Gasteiger partial charge in [-0.2, -0.15) is 0 Å². The quantitative estimate of drug-likeness (QED) is 0.872. The van der Waals surface area contributed by atoms with E-state index in [4.69, 9.17) is 4.74 Å². The second-order valence-corrected chi connectivity index (χ2v) is 7.13. The topological polar surface area (TPSA) is 49.8 Å². The van der Waals surface area contributed by atoms with Gasteiger partial charge in [-0.3, -0.25) is 9.69 Å². The van der Waals surface area contributed by atoms with Crippen LogP contribution in [0.15, 0.2) is 11.4 Å². The number of ether oxygens (including phenoxy) is 1. The van der Waals surface area contributed by atoms with Gasteiger partial charge >= 0.3 is 0 Å². The highest BCUT2D eigenvalue weighted by molar-refractivity contribution is 7.12. The Hall–Kier alpha value is -0.750. The van der Waals surface area contributed by atoms with Crippen molar-refractivity contribution in [1.29, 1.82) is 0 Å². The van der Waals surface area contributed by atoms with Gasteiger partial charge < -0.3 is 9.84 Å². The molecule has 0 unspecified atom stereocenters. The van der Waals surface area contributed by atoms with Crippen LogP contribution in [0.2, 0.25) is 0 Å². The van der Waals surface area contributed by atoms with Crippen LogP contribution in [0.3, 0.4) is 0 Å². The lowest BCUT2D eigenvalue weighted by atomic mass is 9.82. The van der Waals surface area contributed by atoms with Crippen molar-refractivity contribution < 1.29 is 14.6 Å². The summed E-state index contributed by atoms with van der Waals surface area (Å²) in [4.78, 5) is 14.6. The predicted octanol–water partition coefficient (Wildman–Crippen LogP) is 2.46. The Morgan fingerprint density at radius 1 is 1.52 bits per heavy atom. The van der Waals surface area contributed by atoms with E-state index in [-0.39, 0.29) is 17.5 Å². The van der Waals surface area contributed by atoms with Crippen molar-refractivity contribution >= 4 is 17.1 Å². The molecule has 1 aromatic rings. The van der Waals surface area contributed by atoms with Gasteiger partial charge in [-0.1, -0.05) is 0 Å². The van der Waals surface area contributed by atoms with Gasteiger partial charge in [0.15, 0.2) is 5.78 Å². The smallest absolute Gasteiger partial charge is 0.169 e. The average Bonchev–Trinajstić information content (AvgIpc) is 2.94. The van der Waals surface area contributed by atoms with Crippen LogP contribution in [0.1, 0.15) is 47.8 Å². The monoisotopic (exact) mass is 309 g/mol. The largest absolute Gasteiger partial charge is 0.390 e. The van der Waals surface area contributed by atoms with E-state index in [1.165, 1.54) is 16.9 Å². The number of aliphatic hydroxyl groups excluding tert-OH is 1. The molecule has 2 fully saturated rings. The molecule has 2 aliphatic rings. The highest BCUT2D eigenvalue weighted by atomic mass is 32.1. The van der Waals surface area contributed by atoms with Crippen molar-refractivity contribution in [2.75, 3.05) is 19.7 Å². The number of ketones is 1. The Labute approximate surface area is 129 Å². The van der Waals surface area contributed by atoms with E-state index >= 15 is 0 Å². The van der Waals surface area contributed by atoms with E-state index in [0.717, 1.165) is 56.8 Å². The molecule has 21 heavy (non-hydrogen) atoms. The molecule has 0 radical (unpaired) electrons. The Morgan fingerprint density at radius 3 is 2.90 bits per heavy atom. The summed E-state index contributed by atoms with van der Waals surface area (Å²) in [7, 11) is 0. The molecule has 116 valence electrons. The molecule has 1 atom stereocenters. The minimum Gasteiger partial charge on any atom is -0.390 e. The lowest BCUT2D eigenvalue weighted by molar-refractivity contribution is -0.177. The summed E-state index contributed by atoms with van der Waals surface area (Å²) >= 11 is 1.53. The number of carbonyl (C=O) groups excluding carboxylic acids is 1. The normalized spacial score (nSPS) is 26.1. The third kappa shape index (κ3) is 3.21. The second-order valence-electron chi connectivity index (χ2n) is 6.22. The van der Waals surface area contributed by atoms with Crippen molar-refractivity contribution in [3.05, 3.63) is 21.9 Å². The summed E-state index contributed by atoms with van der Waals surface area (Å²) in [6.07, 6.45) is 3.33. The van der Waals surface area contributed by atoms with Gasteiger partial charge in [0.25, 0.3) is 0 Å². The van der Waals surface area contributed by atoms with Gasteiger partial charge in [-0.05, 0) is 49.6 Å². The van der Waals surface area contributed by atoms with Gasteiger partial charge in [0.1, 0.15) is 0 Å². The number of piperidine rings is 1. The van der Waals surface area contributed by atoms with E-state index in [9.17, 15) is 9.90 Å². The van der Waals surface area contributed by atoms with Crippen molar-refractivity contribution in [3.63, 3.8) is 0 Å². The summed E-state index contributed by atoms with van der Waals surface area (Å²) in [6, 6.07) is 2.00. The molecule has 0 bridgehead atoms. The molecule has 1 aromatic heterocycles. The number of rotatable bonds is 3. The fraction of sp³-hybridized carbons (Fsp3) is 0.688. The lowest BCUT2D eigenvalue weighted by Crippen LogP contribution is -2.55. The zero-order valence-corrected chi connectivity index (χ0v) is 13.3. The van der Waals surface area contributed by atoms with Crippen molar-refractivity contribution in [2.24, 2.45) is 0 Å². The molecule has 1 spiro atoms. The Kier molecular flexibility index (Phi) is 4.45. The van der Waals surface area contributed by atoms with E-state index in [1.54, 1.807) is 6.92 Å². The summed E-state index contributed by atoms with van der Waals surface area (Å²) in [5.41, 5.74) is 0.916. The number of nitrogens with zero attached hydrogens (tertiary/aromatic N) is 1. The summed E-state index contributed by atoms with van der Waals surface area (Å²) in [5, 5.41) is 12.3. The molecular weight excluding hydrogens is 286 g/mol. The molecule has 2 saturated heterocycles. The zero-order valence-electron chi connectivity index (χ0n) is 12.5. The van der Waals surface area contributed by atoms with Gasteiger partial charge in [-0.25, -0.2) is 0 Å². The van der Waals surface area contributed by atoms with E-state index in [2.05, 4.69) is 10.3 Å². The minimum atomic E-state index is -0.307. The molecule has 2 aliphatic heterocycles. The highest BCUT2D eigenvalue weighted by Gasteiger charge is 2.43. The van der Waals surface area contributed by atoms with Gasteiger partial charge in [0.2, 0.25) is 0 Å². The molecule has 0 saturated carbocycles. The first kappa shape index (κ1) is 15.2. The van der Waals surface area contributed by atoms with Gasteiger partial charge in [0, 0.05) is 26.2 Å². The Balaban J connectivity index is 1.56. The molecule has 0 amide bonds. The average molecular weight is 309 g/mol. The van der Waals surface area contributed by atoms with E-state index in [1.807, 2.05) is 6.07 Å². The molecule has 5 heteroatoms. The van der Waals surface area contributed by atoms with Crippen LogP contribution in [-0.4, -0.2) is 47.2 Å². The molecule has 3 rings (SSSR count). The maximum Gasteiger partial charge on any atom is 0.169 e. The van der Waals surface area contributed by atoms with E-state index in [0.29, 0.717) is 0 Å². The minimum absolute atomic E-state index is 0.141. The number of hydrogen-bond donors (Lipinski definition) is 1. The molecule has 0 aromatic carbocycles. The van der Waals surface area contributed by atoms with Crippen molar-refractivity contribution in [2.45, 2.75) is 50.9 Å². The maximum atomic E-state index is 11.3. The SMILES string of the molecule is CC(=O)c1cc(CN2CCC3(CC2)OCCC[C@@H]3O)cs1. The van der Waals surface area contributed by atoms with Gasteiger partial charge in [0.05, 0.1) is 16.6 Å². The summed E-state index contributed by atoms with van der Waals surface area (Å²) in [5.74, 6) is 0.141. The number of thiophene rings is 1. The lowest BCUT2D eigenvalue weighted by Gasteiger charge is -2.46. The Morgan fingerprint density at radius 2 is 2.29 bits per heavy atom. The van der Waals surface area contributed by atoms with Crippen LogP contribution in [-0.2, 0) is 11.3 Å². The summed E-state index contributed by atoms with van der Waals surface area (Å²) < 4.78 is 5.93. The van der Waals surface area contributed by atoms with Crippen LogP contribution >= 0.6 is 11.3 Å². The zero-order chi connectivity index (χ0) is 14.9. The number of aliphatic hydroxyl groups is 1. The van der Waals surface area contributed by atoms with Crippen LogP contribution in [0.4, 0.5) is 0 Å². The predicted molar refractivity (Wildman–Crippen MR) is 82.8 cm³/mol.